The van der Waals surface area contributed by atoms with Gasteiger partial charge in [0.05, 0.1) is 0 Å². The lowest BCUT2D eigenvalue weighted by Gasteiger charge is -2.17. The molecule has 0 amide bonds. The van der Waals surface area contributed by atoms with E-state index >= 15 is 8.78 Å². The quantitative estimate of drug-likeness (QED) is 0.0785. The first-order valence-corrected chi connectivity index (χ1v) is 19.6. The van der Waals surface area contributed by atoms with Crippen molar-refractivity contribution in [3.8, 4) is 34.1 Å². The summed E-state index contributed by atoms with van der Waals surface area (Å²) in [5.41, 5.74) is 1.70. The molecule has 0 saturated carbocycles. The number of fused-ring (bicyclic) bond motifs is 1. The molecule has 0 aliphatic carbocycles. The molecular weight excluding hydrogens is 613 g/mol. The van der Waals surface area contributed by atoms with Crippen LogP contribution in [0.25, 0.3) is 22.6 Å². The van der Waals surface area contributed by atoms with Gasteiger partial charge in [-0.25, -0.2) is 15.0 Å². The standard InChI is InChI=1S/C38H55F2N3O3Si/c1-5-7-9-13-22-44-23-14-12-18-35-38(39,40)36-34(45-35)20-19-32(43-36)37-41-26-30(27-42-37)31-16-10-11-17-33(31)46-47-24-21-29(4)25-28(3)15-8-6-2/h10-11,16-17,19-20,26-29,35H,5-9,12-15,18,21-25,47H2,1-4H3. The van der Waals surface area contributed by atoms with Crippen LogP contribution in [0.15, 0.2) is 48.8 Å². The maximum Gasteiger partial charge on any atom is 0.329 e. The van der Waals surface area contributed by atoms with E-state index in [2.05, 4.69) is 42.6 Å². The molecule has 4 rings (SSSR count). The molecule has 3 heterocycles. The number of alkyl halides is 2. The lowest BCUT2D eigenvalue weighted by molar-refractivity contribution is -0.0821. The van der Waals surface area contributed by atoms with Gasteiger partial charge in [0.1, 0.15) is 17.2 Å². The number of ether oxygens (including phenoxy) is 2. The molecule has 9 heteroatoms. The van der Waals surface area contributed by atoms with Crippen LogP contribution in [0.3, 0.4) is 0 Å². The van der Waals surface area contributed by atoms with Gasteiger partial charge >= 0.3 is 5.92 Å². The summed E-state index contributed by atoms with van der Waals surface area (Å²) in [7, 11) is -0.730. The van der Waals surface area contributed by atoms with Crippen LogP contribution in [0.2, 0.25) is 6.04 Å². The minimum atomic E-state index is -3.18. The first-order chi connectivity index (χ1) is 22.8. The van der Waals surface area contributed by atoms with Crippen LogP contribution in [-0.4, -0.2) is 44.0 Å². The second-order valence-electron chi connectivity index (χ2n) is 13.3. The number of pyridine rings is 1. The van der Waals surface area contributed by atoms with E-state index in [9.17, 15) is 0 Å². The summed E-state index contributed by atoms with van der Waals surface area (Å²) in [4.78, 5) is 13.3. The van der Waals surface area contributed by atoms with Crippen molar-refractivity contribution in [1.29, 1.82) is 0 Å². The molecule has 6 nitrogen and oxygen atoms in total. The lowest BCUT2D eigenvalue weighted by atomic mass is 9.92. The van der Waals surface area contributed by atoms with Gasteiger partial charge in [0.25, 0.3) is 0 Å². The van der Waals surface area contributed by atoms with Crippen molar-refractivity contribution in [2.24, 2.45) is 11.8 Å². The molecule has 0 saturated heterocycles. The number of unbranched alkanes of at least 4 members (excludes halogenated alkanes) is 5. The molecule has 3 unspecified atom stereocenters. The SMILES string of the molecule is CCCCCCOCCCCC1Oc2ccc(-c3ncc(-c4ccccc4O[SiH2]CCC(C)CC(C)CCCC)cn3)nc2C1(F)F. The Bertz CT molecular complexity index is 1340. The zero-order chi connectivity index (χ0) is 33.5. The van der Waals surface area contributed by atoms with E-state index in [1.807, 2.05) is 24.3 Å². The highest BCUT2D eigenvalue weighted by atomic mass is 28.2. The zero-order valence-corrected chi connectivity index (χ0v) is 30.4. The fourth-order valence-electron chi connectivity index (χ4n) is 6.31. The van der Waals surface area contributed by atoms with Crippen molar-refractivity contribution >= 4 is 9.76 Å². The molecule has 1 aliphatic rings. The molecule has 1 aliphatic heterocycles. The Hall–Kier alpha value is -2.91. The van der Waals surface area contributed by atoms with Gasteiger partial charge < -0.3 is 13.9 Å². The molecule has 3 atom stereocenters. The minimum absolute atomic E-state index is 0.128. The molecule has 1 aromatic carbocycles. The maximum absolute atomic E-state index is 15.4. The normalized spacial score (nSPS) is 16.7. The van der Waals surface area contributed by atoms with Gasteiger partial charge in [0, 0.05) is 36.7 Å². The van der Waals surface area contributed by atoms with Crippen molar-refractivity contribution in [2.75, 3.05) is 13.2 Å². The topological polar surface area (TPSA) is 66.4 Å². The van der Waals surface area contributed by atoms with Gasteiger partial charge in [-0.2, -0.15) is 8.78 Å². The van der Waals surface area contributed by atoms with Crippen LogP contribution < -0.4 is 9.16 Å². The fourth-order valence-corrected chi connectivity index (χ4v) is 7.79. The molecule has 0 fully saturated rings. The van der Waals surface area contributed by atoms with E-state index < -0.39 is 21.8 Å². The van der Waals surface area contributed by atoms with Gasteiger partial charge in [-0.1, -0.05) is 90.8 Å². The predicted molar refractivity (Wildman–Crippen MR) is 189 cm³/mol. The maximum atomic E-state index is 15.4. The fraction of sp³-hybridized carbons (Fsp3) is 0.605. The first kappa shape index (κ1) is 36.9. The number of hydrogen-bond acceptors (Lipinski definition) is 6. The lowest BCUT2D eigenvalue weighted by Crippen LogP contribution is -2.30. The largest absolute Gasteiger partial charge is 0.549 e. The number of nitrogens with zero attached hydrogens (tertiary/aromatic N) is 3. The van der Waals surface area contributed by atoms with Crippen LogP contribution in [0, 0.1) is 11.8 Å². The average molecular weight is 668 g/mol. The third-order valence-electron chi connectivity index (χ3n) is 9.03. The second-order valence-corrected chi connectivity index (χ2v) is 14.7. The summed E-state index contributed by atoms with van der Waals surface area (Å²) < 4.78 is 48.4. The first-order valence-electron chi connectivity index (χ1n) is 18.0. The molecule has 258 valence electrons. The van der Waals surface area contributed by atoms with Gasteiger partial charge in [0.2, 0.25) is 9.76 Å². The van der Waals surface area contributed by atoms with Crippen LogP contribution >= 0.6 is 0 Å². The smallest absolute Gasteiger partial charge is 0.329 e. The van der Waals surface area contributed by atoms with Gasteiger partial charge in [-0.3, -0.25) is 0 Å². The van der Waals surface area contributed by atoms with Crippen molar-refractivity contribution in [2.45, 2.75) is 123 Å². The number of halogens is 2. The third kappa shape index (κ3) is 11.1. The molecule has 0 radical (unpaired) electrons. The molecule has 0 N–H and O–H groups in total. The Morgan fingerprint density at radius 3 is 2.36 bits per heavy atom. The van der Waals surface area contributed by atoms with Crippen molar-refractivity contribution in [3.05, 3.63) is 54.5 Å². The Morgan fingerprint density at radius 2 is 1.60 bits per heavy atom. The monoisotopic (exact) mass is 667 g/mol. The predicted octanol–water partition coefficient (Wildman–Crippen LogP) is 9.95. The van der Waals surface area contributed by atoms with Crippen molar-refractivity contribution < 1.29 is 22.7 Å². The van der Waals surface area contributed by atoms with Gasteiger partial charge in [-0.05, 0) is 68.2 Å². The van der Waals surface area contributed by atoms with Crippen LogP contribution in [0.1, 0.15) is 110 Å². The Balaban J connectivity index is 1.29. The van der Waals surface area contributed by atoms with E-state index in [4.69, 9.17) is 13.9 Å². The Labute approximate surface area is 283 Å². The van der Waals surface area contributed by atoms with E-state index in [-0.39, 0.29) is 17.9 Å². The molecule has 0 bridgehead atoms. The van der Waals surface area contributed by atoms with Crippen LogP contribution in [0.4, 0.5) is 8.78 Å². The summed E-state index contributed by atoms with van der Waals surface area (Å²) in [5, 5.41) is 0. The van der Waals surface area contributed by atoms with E-state index in [0.717, 1.165) is 48.3 Å². The summed E-state index contributed by atoms with van der Waals surface area (Å²) in [6, 6.07) is 12.3. The average Bonchev–Trinajstić information content (AvgIpc) is 3.33. The minimum Gasteiger partial charge on any atom is -0.549 e. The van der Waals surface area contributed by atoms with Gasteiger partial charge in [-0.15, -0.1) is 0 Å². The molecule has 0 spiro atoms. The van der Waals surface area contributed by atoms with Gasteiger partial charge in [0.15, 0.2) is 17.6 Å². The highest BCUT2D eigenvalue weighted by molar-refractivity contribution is 6.28. The van der Waals surface area contributed by atoms with E-state index in [1.165, 1.54) is 51.4 Å². The Kier molecular flexibility index (Phi) is 15.1. The number of rotatable bonds is 22. The Morgan fingerprint density at radius 1 is 0.872 bits per heavy atom. The number of aromatic nitrogens is 3. The van der Waals surface area contributed by atoms with Crippen LogP contribution in [-0.2, 0) is 10.7 Å². The highest BCUT2D eigenvalue weighted by Crippen LogP contribution is 2.46. The second kappa shape index (κ2) is 19.2. The van der Waals surface area contributed by atoms with E-state index in [0.29, 0.717) is 30.5 Å². The van der Waals surface area contributed by atoms with Crippen LogP contribution in [0.5, 0.6) is 11.5 Å². The molecular formula is C38H55F2N3O3Si. The van der Waals surface area contributed by atoms with E-state index in [1.54, 1.807) is 24.5 Å². The third-order valence-corrected chi connectivity index (χ3v) is 10.2. The highest BCUT2D eigenvalue weighted by Gasteiger charge is 2.52. The summed E-state index contributed by atoms with van der Waals surface area (Å²) in [6.45, 7) is 10.5. The summed E-state index contributed by atoms with van der Waals surface area (Å²) in [6.07, 6.45) is 14.8. The molecule has 2 aromatic heterocycles. The number of benzene rings is 1. The number of hydrogen-bond donors (Lipinski definition) is 0. The molecule has 47 heavy (non-hydrogen) atoms. The zero-order valence-electron chi connectivity index (χ0n) is 29.0. The van der Waals surface area contributed by atoms with Crippen molar-refractivity contribution in [3.63, 3.8) is 0 Å². The number of para-hydroxylation sites is 1. The summed E-state index contributed by atoms with van der Waals surface area (Å²) >= 11 is 0. The molecule has 3 aromatic rings. The summed E-state index contributed by atoms with van der Waals surface area (Å²) in [5.74, 6) is -0.414. The van der Waals surface area contributed by atoms with Crippen molar-refractivity contribution in [1.82, 2.24) is 15.0 Å².